The van der Waals surface area contributed by atoms with Gasteiger partial charge in [-0.2, -0.15) is 13.2 Å². The summed E-state index contributed by atoms with van der Waals surface area (Å²) in [7, 11) is 0. The van der Waals surface area contributed by atoms with Gasteiger partial charge in [0, 0.05) is 5.69 Å². The summed E-state index contributed by atoms with van der Waals surface area (Å²) in [5.41, 5.74) is -1.15. The molecule has 0 atom stereocenters. The van der Waals surface area contributed by atoms with Crippen LogP contribution in [0.2, 0.25) is 5.02 Å². The minimum atomic E-state index is -4.62. The second-order valence-electron chi connectivity index (χ2n) is 6.41. The van der Waals surface area contributed by atoms with Crippen molar-refractivity contribution in [2.24, 2.45) is 0 Å². The molecule has 0 spiro atoms. The zero-order valence-corrected chi connectivity index (χ0v) is 16.6. The van der Waals surface area contributed by atoms with Gasteiger partial charge in [0.1, 0.15) is 11.5 Å². The molecule has 2 amide bonds. The fourth-order valence-corrected chi connectivity index (χ4v) is 2.86. The highest BCUT2D eigenvalue weighted by atomic mass is 35.5. The molecule has 0 saturated carbocycles. The number of halogens is 5. The van der Waals surface area contributed by atoms with Gasteiger partial charge in [-0.25, -0.2) is 9.37 Å². The lowest BCUT2D eigenvalue weighted by atomic mass is 10.1. The van der Waals surface area contributed by atoms with E-state index in [-0.39, 0.29) is 33.2 Å². The number of nitrogens with zero attached hydrogens (tertiary/aromatic N) is 1. The number of aromatic nitrogens is 1. The number of benzene rings is 2. The number of carbonyl (C=O) groups is 2. The van der Waals surface area contributed by atoms with Crippen LogP contribution in [-0.4, -0.2) is 16.8 Å². The molecule has 31 heavy (non-hydrogen) atoms. The number of amides is 2. The van der Waals surface area contributed by atoms with Gasteiger partial charge in [-0.3, -0.25) is 9.59 Å². The second kappa shape index (κ2) is 8.73. The number of hydrogen-bond donors (Lipinski definition) is 2. The van der Waals surface area contributed by atoms with Crippen LogP contribution in [0.3, 0.4) is 0 Å². The Kier molecular flexibility index (Phi) is 6.26. The van der Waals surface area contributed by atoms with E-state index in [2.05, 4.69) is 15.6 Å². The molecule has 0 fully saturated rings. The van der Waals surface area contributed by atoms with Gasteiger partial charge in [0.15, 0.2) is 0 Å². The lowest BCUT2D eigenvalue weighted by molar-refractivity contribution is -0.141. The molecule has 2 N–H and O–H groups in total. The van der Waals surface area contributed by atoms with Crippen LogP contribution in [0.1, 0.15) is 32.1 Å². The average molecular weight is 452 g/mol. The molecule has 0 aliphatic heterocycles. The first-order valence-electron chi connectivity index (χ1n) is 8.78. The molecule has 1 heterocycles. The molecule has 0 aliphatic rings. The summed E-state index contributed by atoms with van der Waals surface area (Å²) in [6.45, 7) is 1.28. The van der Waals surface area contributed by atoms with Crippen molar-refractivity contribution < 1.29 is 27.2 Å². The van der Waals surface area contributed by atoms with E-state index in [1.54, 1.807) is 0 Å². The fourth-order valence-electron chi connectivity index (χ4n) is 2.69. The van der Waals surface area contributed by atoms with Crippen LogP contribution in [-0.2, 0) is 6.18 Å². The standard InChI is InChI=1S/C21H14ClF4N3O2/c1-11-13(7-9-18(27-11)21(24,25)26)19(30)28-12-6-8-15(22)17(10-12)29-20(31)14-4-2-3-5-16(14)23/h2-10H,1H3,(H,28,30)(H,29,31). The predicted molar refractivity (Wildman–Crippen MR) is 108 cm³/mol. The fraction of sp³-hybridized carbons (Fsp3) is 0.0952. The van der Waals surface area contributed by atoms with E-state index < -0.39 is 29.5 Å². The van der Waals surface area contributed by atoms with Gasteiger partial charge in [0.2, 0.25) is 0 Å². The zero-order chi connectivity index (χ0) is 22.8. The number of pyridine rings is 1. The van der Waals surface area contributed by atoms with Crippen LogP contribution in [0.5, 0.6) is 0 Å². The Labute approximate surface area is 179 Å². The van der Waals surface area contributed by atoms with Gasteiger partial charge in [0.05, 0.1) is 27.5 Å². The highest BCUT2D eigenvalue weighted by Gasteiger charge is 2.33. The normalized spacial score (nSPS) is 11.2. The minimum absolute atomic E-state index is 0.0557. The van der Waals surface area contributed by atoms with Crippen LogP contribution in [0.25, 0.3) is 0 Å². The molecular formula is C21H14ClF4N3O2. The summed E-state index contributed by atoms with van der Waals surface area (Å²) in [6.07, 6.45) is -4.62. The number of nitrogens with one attached hydrogen (secondary N) is 2. The molecule has 1 aromatic heterocycles. The second-order valence-corrected chi connectivity index (χ2v) is 6.82. The third-order valence-corrected chi connectivity index (χ3v) is 4.54. The maximum Gasteiger partial charge on any atom is 0.433 e. The molecule has 0 aliphatic carbocycles. The van der Waals surface area contributed by atoms with Crippen molar-refractivity contribution >= 4 is 34.8 Å². The lowest BCUT2D eigenvalue weighted by Gasteiger charge is -2.13. The van der Waals surface area contributed by atoms with E-state index >= 15 is 0 Å². The van der Waals surface area contributed by atoms with Gasteiger partial charge in [-0.15, -0.1) is 0 Å². The smallest absolute Gasteiger partial charge is 0.322 e. The molecule has 5 nitrogen and oxygen atoms in total. The summed E-state index contributed by atoms with van der Waals surface area (Å²) in [6, 6.07) is 11.3. The first-order valence-corrected chi connectivity index (χ1v) is 9.15. The molecule has 3 aromatic rings. The Bertz CT molecular complexity index is 1170. The van der Waals surface area contributed by atoms with E-state index in [9.17, 15) is 27.2 Å². The van der Waals surface area contributed by atoms with Crippen LogP contribution in [0.4, 0.5) is 28.9 Å². The number of alkyl halides is 3. The van der Waals surface area contributed by atoms with Gasteiger partial charge < -0.3 is 10.6 Å². The summed E-state index contributed by atoms with van der Waals surface area (Å²) >= 11 is 6.07. The Balaban J connectivity index is 1.80. The molecular weight excluding hydrogens is 438 g/mol. The van der Waals surface area contributed by atoms with Crippen molar-refractivity contribution in [3.05, 3.63) is 88.0 Å². The molecule has 0 bridgehead atoms. The van der Waals surface area contributed by atoms with Gasteiger partial charge in [0.25, 0.3) is 11.8 Å². The summed E-state index contributed by atoms with van der Waals surface area (Å²) in [5, 5.41) is 5.10. The number of aryl methyl sites for hydroxylation is 1. The Hall–Kier alpha value is -3.46. The van der Waals surface area contributed by atoms with Crippen molar-refractivity contribution in [1.29, 1.82) is 0 Å². The van der Waals surface area contributed by atoms with E-state index in [1.165, 1.54) is 43.3 Å². The number of rotatable bonds is 4. The molecule has 0 saturated heterocycles. The maximum atomic E-state index is 13.8. The topological polar surface area (TPSA) is 71.1 Å². The average Bonchev–Trinajstić information content (AvgIpc) is 2.70. The first kappa shape index (κ1) is 22.2. The summed E-state index contributed by atoms with van der Waals surface area (Å²) in [5.74, 6) is -2.16. The van der Waals surface area contributed by atoms with Gasteiger partial charge in [-0.05, 0) is 49.4 Å². The van der Waals surface area contributed by atoms with Crippen molar-refractivity contribution in [3.63, 3.8) is 0 Å². The Morgan fingerprint density at radius 3 is 2.26 bits per heavy atom. The first-order chi connectivity index (χ1) is 14.6. The third kappa shape index (κ3) is 5.18. The quantitative estimate of drug-likeness (QED) is 0.499. The Morgan fingerprint density at radius 2 is 1.61 bits per heavy atom. The highest BCUT2D eigenvalue weighted by molar-refractivity contribution is 6.34. The number of hydrogen-bond acceptors (Lipinski definition) is 3. The SMILES string of the molecule is Cc1nc(C(F)(F)F)ccc1C(=O)Nc1ccc(Cl)c(NC(=O)c2ccccc2F)c1. The summed E-state index contributed by atoms with van der Waals surface area (Å²) < 4.78 is 52.0. The largest absolute Gasteiger partial charge is 0.433 e. The van der Waals surface area contributed by atoms with Gasteiger partial charge >= 0.3 is 6.18 Å². The predicted octanol–water partition coefficient (Wildman–Crippen LogP) is 5.71. The van der Waals surface area contributed by atoms with Gasteiger partial charge in [-0.1, -0.05) is 23.7 Å². The number of carbonyl (C=O) groups excluding carboxylic acids is 2. The monoisotopic (exact) mass is 451 g/mol. The zero-order valence-electron chi connectivity index (χ0n) is 15.8. The number of anilines is 2. The molecule has 10 heteroatoms. The molecule has 160 valence electrons. The molecule has 0 radical (unpaired) electrons. The van der Waals surface area contributed by atoms with Crippen molar-refractivity contribution in [2.45, 2.75) is 13.1 Å². The third-order valence-electron chi connectivity index (χ3n) is 4.21. The van der Waals surface area contributed by atoms with E-state index in [1.807, 2.05) is 0 Å². The van der Waals surface area contributed by atoms with Crippen molar-refractivity contribution in [3.8, 4) is 0 Å². The molecule has 3 rings (SSSR count). The van der Waals surface area contributed by atoms with E-state index in [0.29, 0.717) is 6.07 Å². The van der Waals surface area contributed by atoms with Crippen LogP contribution < -0.4 is 10.6 Å². The van der Waals surface area contributed by atoms with E-state index in [0.717, 1.165) is 12.1 Å². The molecule has 0 unspecified atom stereocenters. The van der Waals surface area contributed by atoms with Crippen LogP contribution >= 0.6 is 11.6 Å². The summed E-state index contributed by atoms with van der Waals surface area (Å²) in [4.78, 5) is 28.2. The maximum absolute atomic E-state index is 13.8. The molecule has 2 aromatic carbocycles. The van der Waals surface area contributed by atoms with Crippen molar-refractivity contribution in [1.82, 2.24) is 4.98 Å². The lowest BCUT2D eigenvalue weighted by Crippen LogP contribution is -2.17. The minimum Gasteiger partial charge on any atom is -0.322 e. The van der Waals surface area contributed by atoms with E-state index in [4.69, 9.17) is 11.6 Å². The Morgan fingerprint density at radius 1 is 0.935 bits per heavy atom. The van der Waals surface area contributed by atoms with Crippen LogP contribution in [0, 0.1) is 12.7 Å². The van der Waals surface area contributed by atoms with Crippen molar-refractivity contribution in [2.75, 3.05) is 10.6 Å². The van der Waals surface area contributed by atoms with Crippen LogP contribution in [0.15, 0.2) is 54.6 Å². The highest BCUT2D eigenvalue weighted by Crippen LogP contribution is 2.29.